The Morgan fingerprint density at radius 2 is 2.04 bits per heavy atom. The first-order chi connectivity index (χ1) is 13.4. The number of aromatic nitrogens is 1. The van der Waals surface area contributed by atoms with Crippen molar-refractivity contribution >= 4 is 44.7 Å². The maximum atomic E-state index is 14.4. The van der Waals surface area contributed by atoms with Crippen LogP contribution in [0.3, 0.4) is 0 Å². The molecule has 2 aromatic carbocycles. The van der Waals surface area contributed by atoms with Gasteiger partial charge in [0.15, 0.2) is 5.82 Å². The van der Waals surface area contributed by atoms with Crippen molar-refractivity contribution in [3.63, 3.8) is 0 Å². The molecule has 0 spiro atoms. The van der Waals surface area contributed by atoms with Gasteiger partial charge >= 0.3 is 0 Å². The van der Waals surface area contributed by atoms with Crippen LogP contribution in [0.4, 0.5) is 31.7 Å². The Balaban J connectivity index is 1.84. The highest BCUT2D eigenvalue weighted by atomic mass is 79.9. The van der Waals surface area contributed by atoms with Crippen LogP contribution in [0.5, 0.6) is 0 Å². The number of amides is 1. The fraction of sp³-hybridized carbons (Fsp3) is 0.100. The van der Waals surface area contributed by atoms with E-state index in [0.717, 1.165) is 27.7 Å². The molecular weight excluding hydrogens is 430 g/mol. The van der Waals surface area contributed by atoms with Crippen molar-refractivity contribution in [2.45, 2.75) is 6.92 Å². The fourth-order valence-electron chi connectivity index (χ4n) is 3.16. The summed E-state index contributed by atoms with van der Waals surface area (Å²) in [6.45, 7) is 1.87. The van der Waals surface area contributed by atoms with E-state index in [2.05, 4.69) is 31.5 Å². The summed E-state index contributed by atoms with van der Waals surface area (Å²) in [5, 5.41) is 5.93. The Bertz CT molecular complexity index is 1090. The lowest BCUT2D eigenvalue weighted by molar-refractivity contribution is -0.114. The monoisotopic (exact) mass is 444 g/mol. The lowest BCUT2D eigenvalue weighted by Gasteiger charge is -2.20. The summed E-state index contributed by atoms with van der Waals surface area (Å²) in [6.07, 6.45) is 1.70. The molecule has 2 heterocycles. The molecule has 142 valence electrons. The molecule has 1 aliphatic heterocycles. The first-order valence-corrected chi connectivity index (χ1v) is 9.25. The predicted octanol–water partition coefficient (Wildman–Crippen LogP) is 5.27. The van der Waals surface area contributed by atoms with Gasteiger partial charge in [-0.3, -0.25) is 4.79 Å². The number of anilines is 4. The molecule has 1 amide bonds. The minimum absolute atomic E-state index is 0.243. The quantitative estimate of drug-likeness (QED) is 0.577. The zero-order valence-corrected chi connectivity index (χ0v) is 16.3. The Labute approximate surface area is 168 Å². The lowest BCUT2D eigenvalue weighted by Crippen LogP contribution is -2.17. The van der Waals surface area contributed by atoms with E-state index in [1.165, 1.54) is 19.1 Å². The summed E-state index contributed by atoms with van der Waals surface area (Å²) >= 11 is 3.42. The molecule has 28 heavy (non-hydrogen) atoms. The molecule has 0 aliphatic carbocycles. The molecule has 0 saturated heterocycles. The number of hydrogen-bond acceptors (Lipinski definition) is 4. The van der Waals surface area contributed by atoms with Gasteiger partial charge in [-0.05, 0) is 57.9 Å². The fourth-order valence-corrected chi connectivity index (χ4v) is 3.48. The van der Waals surface area contributed by atoms with Crippen molar-refractivity contribution in [3.05, 3.63) is 64.8 Å². The second-order valence-corrected chi connectivity index (χ2v) is 7.27. The summed E-state index contributed by atoms with van der Waals surface area (Å²) in [7, 11) is 0. The summed E-state index contributed by atoms with van der Waals surface area (Å²) in [6, 6.07) is 10.6. The molecule has 0 unspecified atom stereocenters. The second kappa shape index (κ2) is 7.20. The van der Waals surface area contributed by atoms with Crippen LogP contribution in [0.1, 0.15) is 6.92 Å². The van der Waals surface area contributed by atoms with Crippen molar-refractivity contribution in [3.8, 4) is 11.1 Å². The van der Waals surface area contributed by atoms with Crippen molar-refractivity contribution in [2.24, 2.45) is 0 Å². The van der Waals surface area contributed by atoms with Crippen LogP contribution in [0.2, 0.25) is 0 Å². The van der Waals surface area contributed by atoms with E-state index in [-0.39, 0.29) is 11.5 Å². The smallest absolute Gasteiger partial charge is 0.221 e. The van der Waals surface area contributed by atoms with Gasteiger partial charge in [0, 0.05) is 40.6 Å². The normalized spacial score (nSPS) is 12.5. The minimum atomic E-state index is -0.671. The van der Waals surface area contributed by atoms with Crippen molar-refractivity contribution < 1.29 is 13.6 Å². The van der Waals surface area contributed by atoms with Crippen molar-refractivity contribution in [2.75, 3.05) is 22.2 Å². The molecule has 0 radical (unpaired) electrons. The highest BCUT2D eigenvalue weighted by Crippen LogP contribution is 2.40. The van der Waals surface area contributed by atoms with E-state index in [9.17, 15) is 13.6 Å². The van der Waals surface area contributed by atoms with E-state index < -0.39 is 11.6 Å². The van der Waals surface area contributed by atoms with E-state index in [4.69, 9.17) is 0 Å². The Kier molecular flexibility index (Phi) is 4.72. The number of benzene rings is 2. The van der Waals surface area contributed by atoms with Gasteiger partial charge in [-0.2, -0.15) is 0 Å². The molecule has 3 aromatic rings. The second-order valence-electron chi connectivity index (χ2n) is 6.36. The summed E-state index contributed by atoms with van der Waals surface area (Å²) in [5.41, 5.74) is 2.86. The lowest BCUT2D eigenvalue weighted by atomic mass is 10.0. The van der Waals surface area contributed by atoms with Crippen molar-refractivity contribution in [1.29, 1.82) is 0 Å². The molecule has 4 rings (SSSR count). The average Bonchev–Trinajstić information content (AvgIpc) is 3.03. The molecule has 2 N–H and O–H groups in total. The standard InChI is InChI=1S/C20H15BrF2N4O/c1-11(28)26-15-4-12(17-3-2-14(22)7-18(17)23)5-16(8-15)27-10-25-20-19(27)6-13(21)9-24-20/h2-9H,10H2,1H3,(H,24,25)(H,26,28). The van der Waals surface area contributed by atoms with Gasteiger partial charge in [-0.15, -0.1) is 0 Å². The van der Waals surface area contributed by atoms with Gasteiger partial charge in [-0.1, -0.05) is 0 Å². The molecule has 5 nitrogen and oxygen atoms in total. The van der Waals surface area contributed by atoms with E-state index in [1.807, 2.05) is 11.0 Å². The largest absolute Gasteiger partial charge is 0.351 e. The van der Waals surface area contributed by atoms with Gasteiger partial charge in [0.05, 0.1) is 12.4 Å². The first kappa shape index (κ1) is 18.4. The van der Waals surface area contributed by atoms with Crippen LogP contribution < -0.4 is 15.5 Å². The number of pyridine rings is 1. The van der Waals surface area contributed by atoms with Crippen LogP contribution in [0.25, 0.3) is 11.1 Å². The minimum Gasteiger partial charge on any atom is -0.351 e. The van der Waals surface area contributed by atoms with Crippen molar-refractivity contribution in [1.82, 2.24) is 4.98 Å². The predicted molar refractivity (Wildman–Crippen MR) is 109 cm³/mol. The van der Waals surface area contributed by atoms with Crippen LogP contribution in [-0.4, -0.2) is 17.6 Å². The number of nitrogens with one attached hydrogen (secondary N) is 2. The number of carbonyl (C=O) groups excluding carboxylic acids is 1. The number of rotatable bonds is 3. The number of halogens is 3. The topological polar surface area (TPSA) is 57.3 Å². The van der Waals surface area contributed by atoms with Gasteiger partial charge in [0.25, 0.3) is 0 Å². The third-order valence-corrected chi connectivity index (χ3v) is 4.76. The molecule has 8 heteroatoms. The van der Waals surface area contributed by atoms with Crippen LogP contribution in [0.15, 0.2) is 53.1 Å². The summed E-state index contributed by atoms with van der Waals surface area (Å²) < 4.78 is 28.5. The molecule has 0 saturated carbocycles. The molecule has 1 aromatic heterocycles. The number of fused-ring (bicyclic) bond motifs is 1. The van der Waals surface area contributed by atoms with Gasteiger partial charge in [0.1, 0.15) is 11.6 Å². The third kappa shape index (κ3) is 3.55. The van der Waals surface area contributed by atoms with Gasteiger partial charge in [-0.25, -0.2) is 13.8 Å². The van der Waals surface area contributed by atoms with Crippen LogP contribution in [-0.2, 0) is 4.79 Å². The van der Waals surface area contributed by atoms with Gasteiger partial charge < -0.3 is 15.5 Å². The Morgan fingerprint density at radius 3 is 2.79 bits per heavy atom. The maximum absolute atomic E-state index is 14.4. The molecule has 0 atom stereocenters. The molecular formula is C20H15BrF2N4O. The Morgan fingerprint density at radius 1 is 1.21 bits per heavy atom. The van der Waals surface area contributed by atoms with E-state index in [0.29, 0.717) is 17.9 Å². The third-order valence-electron chi connectivity index (χ3n) is 4.32. The van der Waals surface area contributed by atoms with E-state index in [1.54, 1.807) is 24.4 Å². The number of nitrogens with zero attached hydrogens (tertiary/aromatic N) is 2. The number of hydrogen-bond donors (Lipinski definition) is 2. The summed E-state index contributed by atoms with van der Waals surface area (Å²) in [4.78, 5) is 17.9. The van der Waals surface area contributed by atoms with Gasteiger partial charge in [0.2, 0.25) is 5.91 Å². The summed E-state index contributed by atoms with van der Waals surface area (Å²) in [5.74, 6) is -0.835. The van der Waals surface area contributed by atoms with Crippen LogP contribution >= 0.6 is 15.9 Å². The van der Waals surface area contributed by atoms with E-state index >= 15 is 0 Å². The molecule has 0 bridgehead atoms. The maximum Gasteiger partial charge on any atom is 0.221 e. The Hall–Kier alpha value is -3.00. The highest BCUT2D eigenvalue weighted by molar-refractivity contribution is 9.10. The zero-order chi connectivity index (χ0) is 19.8. The molecule has 1 aliphatic rings. The SMILES string of the molecule is CC(=O)Nc1cc(-c2ccc(F)cc2F)cc(N2CNc3ncc(Br)cc32)c1. The zero-order valence-electron chi connectivity index (χ0n) is 14.8. The number of carbonyl (C=O) groups is 1. The highest BCUT2D eigenvalue weighted by Gasteiger charge is 2.23. The van der Waals surface area contributed by atoms with Crippen LogP contribution in [0, 0.1) is 11.6 Å². The average molecular weight is 445 g/mol. The first-order valence-electron chi connectivity index (χ1n) is 8.46. The molecule has 0 fully saturated rings.